The number of phenolic OH excluding ortho intramolecular Hbond substituents is 1. The third-order valence-electron chi connectivity index (χ3n) is 3.01. The number of carbonyl (C=O) groups excluding carboxylic acids is 1. The maximum atomic E-state index is 11.6. The third kappa shape index (κ3) is 1.87. The fourth-order valence-electron chi connectivity index (χ4n) is 2.11. The summed E-state index contributed by atoms with van der Waals surface area (Å²) in [6.07, 6.45) is 1.87. The molecule has 1 N–H and O–H groups in total. The summed E-state index contributed by atoms with van der Waals surface area (Å²) in [5.74, 6) is 0.839. The minimum Gasteiger partial charge on any atom is -0.508 e. The van der Waals surface area contributed by atoms with Crippen molar-refractivity contribution < 1.29 is 9.90 Å². The van der Waals surface area contributed by atoms with E-state index in [0.717, 1.165) is 11.1 Å². The highest BCUT2D eigenvalue weighted by Crippen LogP contribution is 2.24. The number of rotatable bonds is 2. The Bertz CT molecular complexity index is 757. The lowest BCUT2D eigenvalue weighted by molar-refractivity contribution is 0.101. The van der Waals surface area contributed by atoms with E-state index in [9.17, 15) is 9.90 Å². The van der Waals surface area contributed by atoms with Crippen molar-refractivity contribution in [3.63, 3.8) is 0 Å². The zero-order valence-corrected chi connectivity index (χ0v) is 10.4. The average molecular weight is 252 g/mol. The Balaban J connectivity index is 2.29. The SMILES string of the molecule is CC(=O)c1nc(-c2ccc(O)cc2)n2ccccc12. The van der Waals surface area contributed by atoms with Crippen LogP contribution in [0.25, 0.3) is 16.9 Å². The lowest BCUT2D eigenvalue weighted by Gasteiger charge is -2.01. The second-order valence-electron chi connectivity index (χ2n) is 4.34. The second-order valence-corrected chi connectivity index (χ2v) is 4.34. The van der Waals surface area contributed by atoms with E-state index in [-0.39, 0.29) is 11.5 Å². The van der Waals surface area contributed by atoms with Gasteiger partial charge in [-0.3, -0.25) is 9.20 Å². The predicted octanol–water partition coefficient (Wildman–Crippen LogP) is 2.91. The van der Waals surface area contributed by atoms with Crippen molar-refractivity contribution in [2.24, 2.45) is 0 Å². The maximum Gasteiger partial charge on any atom is 0.180 e. The Morgan fingerprint density at radius 3 is 2.58 bits per heavy atom. The number of carbonyl (C=O) groups is 1. The van der Waals surface area contributed by atoms with Gasteiger partial charge in [0.2, 0.25) is 0 Å². The standard InChI is InChI=1S/C15H12N2O2/c1-10(18)14-13-4-2-3-9-17(13)15(16-14)11-5-7-12(19)8-6-11/h2-9,19H,1H3. The summed E-state index contributed by atoms with van der Waals surface area (Å²) in [5.41, 5.74) is 2.10. The van der Waals surface area contributed by atoms with Crippen LogP contribution < -0.4 is 0 Å². The van der Waals surface area contributed by atoms with Gasteiger partial charge < -0.3 is 5.11 Å². The van der Waals surface area contributed by atoms with Gasteiger partial charge in [0.25, 0.3) is 0 Å². The molecule has 4 heteroatoms. The van der Waals surface area contributed by atoms with Crippen molar-refractivity contribution in [3.8, 4) is 17.1 Å². The van der Waals surface area contributed by atoms with E-state index in [2.05, 4.69) is 4.98 Å². The van der Waals surface area contributed by atoms with Crippen molar-refractivity contribution in [1.29, 1.82) is 0 Å². The molecule has 0 saturated heterocycles. The van der Waals surface area contributed by atoms with E-state index in [1.54, 1.807) is 24.3 Å². The number of fused-ring (bicyclic) bond motifs is 1. The highest BCUT2D eigenvalue weighted by Gasteiger charge is 2.14. The molecule has 1 aromatic carbocycles. The van der Waals surface area contributed by atoms with Crippen molar-refractivity contribution >= 4 is 11.3 Å². The topological polar surface area (TPSA) is 54.6 Å². The summed E-state index contributed by atoms with van der Waals surface area (Å²) in [7, 11) is 0. The van der Waals surface area contributed by atoms with Gasteiger partial charge in [0.05, 0.1) is 5.52 Å². The number of phenols is 1. The number of nitrogens with zero attached hydrogens (tertiary/aromatic N) is 2. The first-order valence-corrected chi connectivity index (χ1v) is 5.94. The van der Waals surface area contributed by atoms with Gasteiger partial charge in [-0.15, -0.1) is 0 Å². The van der Waals surface area contributed by atoms with Crippen LogP contribution in [0.1, 0.15) is 17.4 Å². The number of aromatic hydroxyl groups is 1. The van der Waals surface area contributed by atoms with Gasteiger partial charge in [-0.1, -0.05) is 6.07 Å². The molecule has 3 rings (SSSR count). The summed E-state index contributed by atoms with van der Waals surface area (Å²) in [4.78, 5) is 16.1. The normalized spacial score (nSPS) is 10.8. The molecule has 19 heavy (non-hydrogen) atoms. The van der Waals surface area contributed by atoms with Crippen molar-refractivity contribution in [3.05, 3.63) is 54.4 Å². The van der Waals surface area contributed by atoms with Crippen LogP contribution in [0.5, 0.6) is 5.75 Å². The molecule has 0 aliphatic carbocycles. The van der Waals surface area contributed by atoms with E-state index in [0.29, 0.717) is 11.5 Å². The van der Waals surface area contributed by atoms with Gasteiger partial charge >= 0.3 is 0 Å². The molecule has 0 spiro atoms. The molecule has 94 valence electrons. The minimum absolute atomic E-state index is 0.0614. The molecule has 0 saturated carbocycles. The number of ketones is 1. The summed E-state index contributed by atoms with van der Waals surface area (Å²) >= 11 is 0. The Morgan fingerprint density at radius 1 is 1.16 bits per heavy atom. The van der Waals surface area contributed by atoms with Crippen LogP contribution in [0.4, 0.5) is 0 Å². The third-order valence-corrected chi connectivity index (χ3v) is 3.01. The van der Waals surface area contributed by atoms with Crippen LogP contribution >= 0.6 is 0 Å². The Hall–Kier alpha value is -2.62. The molecule has 0 bridgehead atoms. The number of aromatic nitrogens is 2. The molecule has 3 aromatic rings. The number of Topliss-reactive ketones (excluding diaryl/α,β-unsaturated/α-hetero) is 1. The molecule has 0 atom stereocenters. The number of hydrogen-bond acceptors (Lipinski definition) is 3. The number of pyridine rings is 1. The Labute approximate surface area is 110 Å². The molecule has 2 heterocycles. The summed E-state index contributed by atoms with van der Waals surface area (Å²) in [6.45, 7) is 1.51. The highest BCUT2D eigenvalue weighted by atomic mass is 16.3. The van der Waals surface area contributed by atoms with Gasteiger partial charge in [0, 0.05) is 18.7 Å². The lowest BCUT2D eigenvalue weighted by atomic mass is 10.2. The van der Waals surface area contributed by atoms with E-state index in [4.69, 9.17) is 0 Å². The average Bonchev–Trinajstić information content (AvgIpc) is 2.79. The molecule has 0 aliphatic heterocycles. The van der Waals surface area contributed by atoms with Crippen LogP contribution in [0.3, 0.4) is 0 Å². The molecule has 4 nitrogen and oxygen atoms in total. The van der Waals surface area contributed by atoms with E-state index in [1.165, 1.54) is 6.92 Å². The zero-order chi connectivity index (χ0) is 13.4. The van der Waals surface area contributed by atoms with Crippen LogP contribution in [0.2, 0.25) is 0 Å². The first-order valence-electron chi connectivity index (χ1n) is 5.94. The van der Waals surface area contributed by atoms with Crippen LogP contribution in [0.15, 0.2) is 48.7 Å². The highest BCUT2D eigenvalue weighted by molar-refractivity contribution is 5.99. The van der Waals surface area contributed by atoms with E-state index < -0.39 is 0 Å². The molecular weight excluding hydrogens is 240 g/mol. The van der Waals surface area contributed by atoms with Crippen LogP contribution in [0, 0.1) is 0 Å². The number of benzene rings is 1. The molecule has 0 aliphatic rings. The van der Waals surface area contributed by atoms with E-state index >= 15 is 0 Å². The first kappa shape index (κ1) is 11.5. The summed E-state index contributed by atoms with van der Waals surface area (Å²) in [6, 6.07) is 12.4. The Kier molecular flexibility index (Phi) is 2.56. The molecule has 0 radical (unpaired) electrons. The van der Waals surface area contributed by atoms with Gasteiger partial charge in [0.15, 0.2) is 5.78 Å². The second kappa shape index (κ2) is 4.24. The minimum atomic E-state index is -0.0614. The van der Waals surface area contributed by atoms with E-state index in [1.807, 2.05) is 28.8 Å². The zero-order valence-electron chi connectivity index (χ0n) is 10.4. The predicted molar refractivity (Wildman–Crippen MR) is 72.3 cm³/mol. The summed E-state index contributed by atoms with van der Waals surface area (Å²) < 4.78 is 1.88. The Morgan fingerprint density at radius 2 is 1.89 bits per heavy atom. The lowest BCUT2D eigenvalue weighted by Crippen LogP contribution is -1.92. The molecule has 0 amide bonds. The van der Waals surface area contributed by atoms with Gasteiger partial charge in [-0.25, -0.2) is 4.98 Å². The molecule has 2 aromatic heterocycles. The molecular formula is C15H12N2O2. The van der Waals surface area contributed by atoms with Crippen molar-refractivity contribution in [2.75, 3.05) is 0 Å². The number of imidazole rings is 1. The quantitative estimate of drug-likeness (QED) is 0.713. The van der Waals surface area contributed by atoms with Gasteiger partial charge in [-0.05, 0) is 36.4 Å². The fraction of sp³-hybridized carbons (Fsp3) is 0.0667. The molecule has 0 fully saturated rings. The monoisotopic (exact) mass is 252 g/mol. The number of hydrogen-bond donors (Lipinski definition) is 1. The van der Waals surface area contributed by atoms with Gasteiger partial charge in [0.1, 0.15) is 17.3 Å². The van der Waals surface area contributed by atoms with Crippen molar-refractivity contribution in [1.82, 2.24) is 9.38 Å². The van der Waals surface area contributed by atoms with Crippen LogP contribution in [-0.4, -0.2) is 20.3 Å². The largest absolute Gasteiger partial charge is 0.508 e. The molecule has 0 unspecified atom stereocenters. The van der Waals surface area contributed by atoms with Gasteiger partial charge in [-0.2, -0.15) is 0 Å². The maximum absolute atomic E-state index is 11.6. The first-order chi connectivity index (χ1) is 9.16. The van der Waals surface area contributed by atoms with Crippen molar-refractivity contribution in [2.45, 2.75) is 6.92 Å². The summed E-state index contributed by atoms with van der Waals surface area (Å²) in [5, 5.41) is 9.33. The van der Waals surface area contributed by atoms with Crippen LogP contribution in [-0.2, 0) is 0 Å². The fourth-order valence-corrected chi connectivity index (χ4v) is 2.11. The smallest absolute Gasteiger partial charge is 0.180 e.